The first kappa shape index (κ1) is 73.3. The van der Waals surface area contributed by atoms with Crippen LogP contribution in [-0.4, -0.2) is 220 Å². The van der Waals surface area contributed by atoms with Gasteiger partial charge in [-0.15, -0.1) is 11.3 Å². The second kappa shape index (κ2) is 37.0. The minimum Gasteiger partial charge on any atom is -0.480 e. The molecule has 1 aromatic heterocycles. The van der Waals surface area contributed by atoms with Crippen LogP contribution in [0.15, 0.2) is 93.2 Å². The lowest BCUT2D eigenvalue weighted by Gasteiger charge is -2.33. The lowest BCUT2D eigenvalue weighted by atomic mass is 10.0. The van der Waals surface area contributed by atoms with Crippen molar-refractivity contribution >= 4 is 88.3 Å². The van der Waals surface area contributed by atoms with Crippen molar-refractivity contribution in [1.29, 1.82) is 0 Å². The number of carboxylic acid groups (broad SMARTS) is 1. The number of aliphatic hydroxyl groups is 2. The Labute approximate surface area is 536 Å². The van der Waals surface area contributed by atoms with Crippen LogP contribution in [0.25, 0.3) is 0 Å². The van der Waals surface area contributed by atoms with Gasteiger partial charge < -0.3 is 102 Å². The molecule has 23 N–H and O–H groups in total. The van der Waals surface area contributed by atoms with Gasteiger partial charge in [-0.25, -0.2) is 4.79 Å². The molecule has 9 amide bonds. The smallest absolute Gasteiger partial charge is 0.326 e. The quantitative estimate of drug-likeness (QED) is 0.0147. The molecule has 92 heavy (non-hydrogen) atoms. The van der Waals surface area contributed by atoms with Gasteiger partial charge in [0.05, 0.1) is 25.3 Å². The second-order valence-electron chi connectivity index (χ2n) is 22.3. The predicted molar refractivity (Wildman–Crippen MR) is 341 cm³/mol. The van der Waals surface area contributed by atoms with E-state index in [1.54, 1.807) is 78.2 Å². The number of amides is 9. The highest BCUT2D eigenvalue weighted by atomic mass is 32.1. The van der Waals surface area contributed by atoms with Gasteiger partial charge in [-0.2, -0.15) is 0 Å². The van der Waals surface area contributed by atoms with Gasteiger partial charge in [0.1, 0.15) is 48.3 Å². The van der Waals surface area contributed by atoms with E-state index in [-0.39, 0.29) is 115 Å². The van der Waals surface area contributed by atoms with E-state index in [1.165, 1.54) is 23.3 Å². The summed E-state index contributed by atoms with van der Waals surface area (Å²) in [6.45, 7) is -1.48. The third-order valence-electron chi connectivity index (χ3n) is 15.3. The van der Waals surface area contributed by atoms with Crippen LogP contribution in [0.3, 0.4) is 0 Å². The zero-order valence-corrected chi connectivity index (χ0v) is 52.1. The minimum atomic E-state index is -1.72. The summed E-state index contributed by atoms with van der Waals surface area (Å²) in [5.41, 5.74) is 39.9. The number of hydrogen-bond acceptors (Lipinski definition) is 17. The maximum atomic E-state index is 14.6. The Morgan fingerprint density at radius 3 is 1.72 bits per heavy atom. The second-order valence-corrected chi connectivity index (χ2v) is 23.3. The number of likely N-dealkylation sites (N-methyl/N-ethyl adjacent to an activating group) is 1. The summed E-state index contributed by atoms with van der Waals surface area (Å²) in [4.78, 5) is 155. The van der Waals surface area contributed by atoms with Crippen LogP contribution < -0.4 is 72.0 Å². The molecule has 502 valence electrons. The molecular formula is C59H87N19O13S. The minimum absolute atomic E-state index is 0.0617. The molecule has 2 aromatic carbocycles. The fourth-order valence-electron chi connectivity index (χ4n) is 10.5. The van der Waals surface area contributed by atoms with Crippen LogP contribution >= 0.6 is 11.3 Å². The lowest BCUT2D eigenvalue weighted by Crippen LogP contribution is -2.61. The Morgan fingerprint density at radius 1 is 0.630 bits per heavy atom. The summed E-state index contributed by atoms with van der Waals surface area (Å²) in [6.07, 6.45) is -0.220. The van der Waals surface area contributed by atoms with E-state index in [0.29, 0.717) is 28.8 Å². The largest absolute Gasteiger partial charge is 0.480 e. The fourth-order valence-corrected chi connectivity index (χ4v) is 11.3. The highest BCUT2D eigenvalue weighted by Crippen LogP contribution is 2.27. The standard InChI is InChI=1S/C59H87N19O13S/c1-76(45(28-35-15-6-3-7-16-35)52(86)74-41(27-34-13-4-2-5-14-34)49(83)73-40(56(90)91)20-10-24-69-59(65)66)53(87)43(33-79)75-50(84)42(30-37-17-12-26-92-37)71-47(81)31-70-51(85)46-29-36(80)32-78(46)55(89)44-21-11-25-77(44)54(88)39(19-9-23-68-58(63)64)72-48(82)38(60)18-8-22-67-57(61)62/h2-7,12-17,26,36,38-46,79-80H,8-11,18-25,27-33,60H2,1H3,(H,70,85)(H,71,81)(H,72,82)(H,73,83)(H,74,86)(H,75,84)(H,90,91)(H4,61,62,67)(H4,63,64,68)(H4,65,66,69)/t36?,38-,39+,40+,41+,42+,43+,44+,45-,46+/m1/s1. The SMILES string of the molecule is CN(C(=O)[C@H](CO)NC(=O)[C@H](Cc1cccs1)NC(=O)CNC(=O)[C@@H]1CC(O)CN1C(=O)[C@@H]1CCCN1C(=O)[C@H](CCCN=C(N)N)NC(=O)[C@H](N)CCCN=C(N)N)[C@H](Cc1ccccc1)C(=O)N[C@@H](Cc1ccccc1)C(=O)N[C@@H](CCCN=C(N)N)C(=O)O. The van der Waals surface area contributed by atoms with Crippen molar-refractivity contribution in [3.63, 3.8) is 0 Å². The molecule has 0 aliphatic carbocycles. The molecule has 0 bridgehead atoms. The summed E-state index contributed by atoms with van der Waals surface area (Å²) in [5, 5.41) is 48.8. The molecule has 3 aromatic rings. The maximum Gasteiger partial charge on any atom is 0.326 e. The number of carboxylic acids is 1. The van der Waals surface area contributed by atoms with E-state index in [2.05, 4.69) is 46.9 Å². The molecule has 2 fully saturated rings. The number of likely N-dealkylation sites (tertiary alicyclic amines) is 2. The van der Waals surface area contributed by atoms with Crippen molar-refractivity contribution in [2.75, 3.05) is 52.9 Å². The molecular weight excluding hydrogens is 1210 g/mol. The average molecular weight is 1300 g/mol. The number of guanidine groups is 3. The summed E-state index contributed by atoms with van der Waals surface area (Å²) in [5.74, 6) is -9.07. The molecule has 0 radical (unpaired) electrons. The predicted octanol–water partition coefficient (Wildman–Crippen LogP) is -5.34. The van der Waals surface area contributed by atoms with Gasteiger partial charge in [0.15, 0.2) is 17.9 Å². The molecule has 3 heterocycles. The third kappa shape index (κ3) is 23.4. The van der Waals surface area contributed by atoms with E-state index in [9.17, 15) is 63.3 Å². The van der Waals surface area contributed by atoms with Crippen molar-refractivity contribution < 1.29 is 63.3 Å². The van der Waals surface area contributed by atoms with Crippen LogP contribution in [0.1, 0.15) is 73.8 Å². The van der Waals surface area contributed by atoms with E-state index in [0.717, 1.165) is 9.80 Å². The highest BCUT2D eigenvalue weighted by molar-refractivity contribution is 7.09. The first-order valence-electron chi connectivity index (χ1n) is 30.1. The number of thiophene rings is 1. The van der Waals surface area contributed by atoms with Crippen LogP contribution in [-0.2, 0) is 67.2 Å². The number of benzene rings is 2. The third-order valence-corrected chi connectivity index (χ3v) is 16.2. The number of β-amino-alcohol motifs (C(OH)–C–C–N with tert-alkyl or cyclic N) is 1. The number of nitrogens with zero attached hydrogens (tertiary/aromatic N) is 6. The van der Waals surface area contributed by atoms with Crippen molar-refractivity contribution in [3.8, 4) is 0 Å². The Balaban J connectivity index is 1.28. The van der Waals surface area contributed by atoms with Crippen molar-refractivity contribution in [2.45, 2.75) is 138 Å². The molecule has 33 heteroatoms. The van der Waals surface area contributed by atoms with Crippen molar-refractivity contribution in [2.24, 2.45) is 55.1 Å². The molecule has 1 unspecified atom stereocenters. The number of nitrogens with two attached hydrogens (primary N) is 7. The number of aliphatic imine (C=N–C) groups is 3. The fraction of sp³-hybridized carbons (Fsp3) is 0.508. The van der Waals surface area contributed by atoms with Gasteiger partial charge in [0, 0.05) is 70.3 Å². The number of nitrogens with one attached hydrogen (secondary N) is 6. The average Bonchev–Trinajstić information content (AvgIpc) is 1.62. The van der Waals surface area contributed by atoms with Crippen LogP contribution in [0, 0.1) is 0 Å². The monoisotopic (exact) mass is 1300 g/mol. The Bertz CT molecular complexity index is 3060. The number of aliphatic carboxylic acids is 1. The van der Waals surface area contributed by atoms with Gasteiger partial charge in [-0.3, -0.25) is 58.1 Å². The first-order chi connectivity index (χ1) is 43.9. The maximum absolute atomic E-state index is 14.6. The molecule has 0 spiro atoms. The molecule has 0 saturated carbocycles. The van der Waals surface area contributed by atoms with Crippen LogP contribution in [0.2, 0.25) is 0 Å². The molecule has 2 saturated heterocycles. The Hall–Kier alpha value is -9.47. The Morgan fingerprint density at radius 2 is 1.16 bits per heavy atom. The number of carbonyl (C=O) groups is 10. The summed E-state index contributed by atoms with van der Waals surface area (Å²) < 4.78 is 0. The van der Waals surface area contributed by atoms with Crippen LogP contribution in [0.4, 0.5) is 0 Å². The number of aliphatic hydroxyl groups excluding tert-OH is 2. The van der Waals surface area contributed by atoms with Gasteiger partial charge >= 0.3 is 5.97 Å². The summed E-state index contributed by atoms with van der Waals surface area (Å²) in [7, 11) is 1.26. The van der Waals surface area contributed by atoms with E-state index in [4.69, 9.17) is 40.1 Å². The topological polar surface area (TPSA) is 533 Å². The van der Waals surface area contributed by atoms with Crippen LogP contribution in [0.5, 0.6) is 0 Å². The highest BCUT2D eigenvalue weighted by Gasteiger charge is 2.46. The summed E-state index contributed by atoms with van der Waals surface area (Å²) >= 11 is 1.25. The van der Waals surface area contributed by atoms with Gasteiger partial charge in [0.2, 0.25) is 53.2 Å². The zero-order valence-electron chi connectivity index (χ0n) is 51.3. The van der Waals surface area contributed by atoms with Gasteiger partial charge in [-0.05, 0) is 73.9 Å². The Kier molecular flexibility index (Phi) is 29.5. The van der Waals surface area contributed by atoms with E-state index >= 15 is 0 Å². The van der Waals surface area contributed by atoms with Crippen molar-refractivity contribution in [1.82, 2.24) is 46.6 Å². The van der Waals surface area contributed by atoms with Crippen molar-refractivity contribution in [3.05, 3.63) is 94.2 Å². The first-order valence-corrected chi connectivity index (χ1v) is 30.9. The normalized spacial score (nSPS) is 17.4. The molecule has 2 aliphatic heterocycles. The molecule has 2 aliphatic rings. The number of rotatable bonds is 36. The molecule has 10 atom stereocenters. The summed E-state index contributed by atoms with van der Waals surface area (Å²) in [6, 6.07) is 8.54. The molecule has 32 nitrogen and oxygen atoms in total. The van der Waals surface area contributed by atoms with E-state index in [1.807, 2.05) is 0 Å². The molecule has 5 rings (SSSR count). The number of carbonyl (C=O) groups excluding carboxylic acids is 9. The zero-order chi connectivity index (χ0) is 67.4. The van der Waals surface area contributed by atoms with Gasteiger partial charge in [0.25, 0.3) is 0 Å². The number of hydrogen-bond donors (Lipinski definition) is 16. The van der Waals surface area contributed by atoms with E-state index < -0.39 is 133 Å². The lowest BCUT2D eigenvalue weighted by molar-refractivity contribution is -0.148. The van der Waals surface area contributed by atoms with Gasteiger partial charge in [-0.1, -0.05) is 66.7 Å².